The molecule has 0 radical (unpaired) electrons. The van der Waals surface area contributed by atoms with Crippen LogP contribution in [0.3, 0.4) is 0 Å². The van der Waals surface area contributed by atoms with Gasteiger partial charge in [-0.1, -0.05) is 31.8 Å². The largest absolute Gasteiger partial charge is 0.623 e. The van der Waals surface area contributed by atoms with E-state index in [-0.39, 0.29) is 4.65 Å². The number of fused-ring (bicyclic) bond motifs is 1. The van der Waals surface area contributed by atoms with Gasteiger partial charge >= 0.3 is 0 Å². The quantitative estimate of drug-likeness (QED) is 0.425. The Balaban J connectivity index is 2.37. The first kappa shape index (κ1) is 10.6. The van der Waals surface area contributed by atoms with Gasteiger partial charge in [-0.25, -0.2) is 0 Å². The van der Waals surface area contributed by atoms with Gasteiger partial charge in [-0.2, -0.15) is 0 Å². The molecule has 2 rings (SSSR count). The molecule has 1 atom stereocenters. The molecule has 1 aromatic carbocycles. The monoisotopic (exact) mass is 219 g/mol. The van der Waals surface area contributed by atoms with E-state index < -0.39 is 8.07 Å². The second-order valence-electron chi connectivity index (χ2n) is 5.39. The summed E-state index contributed by atoms with van der Waals surface area (Å²) in [6.07, 6.45) is 4.45. The highest BCUT2D eigenvalue weighted by atomic mass is 28.3. The lowest BCUT2D eigenvalue weighted by atomic mass is 10.2. The number of benzene rings is 1. The van der Waals surface area contributed by atoms with Gasteiger partial charge in [-0.05, 0) is 6.07 Å². The van der Waals surface area contributed by atoms with Crippen LogP contribution in [-0.2, 0) is 0 Å². The maximum atomic E-state index is 12.6. The standard InChI is InChI=1S/C12H17NOSi/c1-15(2,3)10-13(14)9-8-11-6-4-5-7-12(11)13/h4-9H,10H2,1-3H3. The molecule has 1 aromatic rings. The molecule has 80 valence electrons. The molecule has 0 saturated heterocycles. The minimum atomic E-state index is -1.35. The van der Waals surface area contributed by atoms with Crippen LogP contribution >= 0.6 is 0 Å². The van der Waals surface area contributed by atoms with Crippen LogP contribution in [0.25, 0.3) is 6.08 Å². The molecule has 0 spiro atoms. The summed E-state index contributed by atoms with van der Waals surface area (Å²) in [6, 6.07) is 7.88. The molecule has 0 N–H and O–H groups in total. The fourth-order valence-electron chi connectivity index (χ4n) is 2.10. The molecule has 1 heterocycles. The number of hydroxylamine groups is 2. The van der Waals surface area contributed by atoms with E-state index in [1.165, 1.54) is 0 Å². The first-order valence-electron chi connectivity index (χ1n) is 5.28. The Labute approximate surface area is 92.0 Å². The van der Waals surface area contributed by atoms with Crippen LogP contribution in [0, 0.1) is 5.21 Å². The third-order valence-electron chi connectivity index (χ3n) is 2.55. The maximum Gasteiger partial charge on any atom is 0.144 e. The predicted molar refractivity (Wildman–Crippen MR) is 68.9 cm³/mol. The topological polar surface area (TPSA) is 23.1 Å². The van der Waals surface area contributed by atoms with Crippen molar-refractivity contribution < 1.29 is 0 Å². The van der Waals surface area contributed by atoms with E-state index >= 15 is 0 Å². The van der Waals surface area contributed by atoms with Crippen LogP contribution in [0.15, 0.2) is 30.5 Å². The van der Waals surface area contributed by atoms with Crippen LogP contribution in [0.1, 0.15) is 5.56 Å². The van der Waals surface area contributed by atoms with Crippen LogP contribution in [-0.4, -0.2) is 14.2 Å². The summed E-state index contributed by atoms with van der Waals surface area (Å²) >= 11 is 0. The summed E-state index contributed by atoms with van der Waals surface area (Å²) < 4.78 is -0.258. The van der Waals surface area contributed by atoms with Gasteiger partial charge in [0.05, 0.1) is 6.17 Å². The SMILES string of the molecule is C[Si](C)(C)C[N+]1([O-])C=Cc2ccccc21. The van der Waals surface area contributed by atoms with E-state index in [4.69, 9.17) is 0 Å². The third kappa shape index (κ3) is 2.04. The fourth-order valence-corrected chi connectivity index (χ4v) is 3.78. The molecule has 0 aromatic heterocycles. The highest BCUT2D eigenvalue weighted by molar-refractivity contribution is 6.76. The Bertz CT molecular complexity index is 408. The molecular weight excluding hydrogens is 202 g/mol. The van der Waals surface area contributed by atoms with Gasteiger partial charge < -0.3 is 9.85 Å². The van der Waals surface area contributed by atoms with Crippen molar-refractivity contribution in [1.29, 1.82) is 0 Å². The Morgan fingerprint density at radius 1 is 1.20 bits per heavy atom. The molecule has 0 saturated carbocycles. The van der Waals surface area contributed by atoms with E-state index in [0.29, 0.717) is 0 Å². The predicted octanol–water partition coefficient (Wildman–Crippen LogP) is 3.35. The van der Waals surface area contributed by atoms with E-state index in [2.05, 4.69) is 19.6 Å². The molecule has 0 bridgehead atoms. The summed E-state index contributed by atoms with van der Waals surface area (Å²) in [7, 11) is -1.35. The minimum absolute atomic E-state index is 0.258. The van der Waals surface area contributed by atoms with E-state index in [1.807, 2.05) is 30.3 Å². The van der Waals surface area contributed by atoms with Crippen LogP contribution < -0.4 is 4.65 Å². The van der Waals surface area contributed by atoms with Gasteiger partial charge in [-0.3, -0.25) is 0 Å². The molecule has 0 fully saturated rings. The zero-order chi connectivity index (χ0) is 11.1. The normalized spacial score (nSPS) is 24.3. The molecule has 0 amide bonds. The Kier molecular flexibility index (Phi) is 2.33. The number of hydrogen-bond acceptors (Lipinski definition) is 1. The van der Waals surface area contributed by atoms with Crippen molar-refractivity contribution in [1.82, 2.24) is 4.65 Å². The molecule has 15 heavy (non-hydrogen) atoms. The highest BCUT2D eigenvalue weighted by Gasteiger charge is 2.31. The van der Waals surface area contributed by atoms with Crippen LogP contribution in [0.4, 0.5) is 5.69 Å². The summed E-state index contributed by atoms with van der Waals surface area (Å²) in [6.45, 7) is 6.71. The first-order valence-corrected chi connectivity index (χ1v) is 8.99. The van der Waals surface area contributed by atoms with Crippen molar-refractivity contribution in [2.45, 2.75) is 19.6 Å². The zero-order valence-electron chi connectivity index (χ0n) is 9.53. The van der Waals surface area contributed by atoms with Crippen LogP contribution in [0.2, 0.25) is 19.6 Å². The molecule has 3 heteroatoms. The smallest absolute Gasteiger partial charge is 0.144 e. The lowest BCUT2D eigenvalue weighted by Gasteiger charge is -2.40. The first-order chi connectivity index (χ1) is 6.91. The summed E-state index contributed by atoms with van der Waals surface area (Å²) in [5, 5.41) is 12.6. The van der Waals surface area contributed by atoms with Crippen molar-refractivity contribution in [2.75, 3.05) is 6.17 Å². The van der Waals surface area contributed by atoms with Crippen molar-refractivity contribution in [3.05, 3.63) is 41.2 Å². The molecule has 0 aliphatic carbocycles. The number of rotatable bonds is 2. The Morgan fingerprint density at radius 2 is 1.87 bits per heavy atom. The number of nitrogens with zero attached hydrogens (tertiary/aromatic N) is 1. The van der Waals surface area contributed by atoms with Crippen molar-refractivity contribution in [3.63, 3.8) is 0 Å². The summed E-state index contributed by atoms with van der Waals surface area (Å²) in [4.78, 5) is 0. The van der Waals surface area contributed by atoms with Crippen molar-refractivity contribution >= 4 is 19.8 Å². The van der Waals surface area contributed by atoms with E-state index in [0.717, 1.165) is 17.4 Å². The second-order valence-corrected chi connectivity index (χ2v) is 10.8. The molecule has 1 aliphatic rings. The van der Waals surface area contributed by atoms with Gasteiger partial charge in [0.25, 0.3) is 0 Å². The molecule has 1 aliphatic heterocycles. The second kappa shape index (κ2) is 3.30. The maximum absolute atomic E-state index is 12.6. The minimum Gasteiger partial charge on any atom is -0.623 e. The number of hydrogen-bond donors (Lipinski definition) is 0. The van der Waals surface area contributed by atoms with Crippen LogP contribution in [0.5, 0.6) is 0 Å². The Hall–Kier alpha value is -0.903. The lowest BCUT2D eigenvalue weighted by Crippen LogP contribution is -2.48. The van der Waals surface area contributed by atoms with Crippen molar-refractivity contribution in [2.24, 2.45) is 0 Å². The van der Waals surface area contributed by atoms with Gasteiger partial charge in [0, 0.05) is 17.7 Å². The van der Waals surface area contributed by atoms with Crippen molar-refractivity contribution in [3.8, 4) is 0 Å². The zero-order valence-corrected chi connectivity index (χ0v) is 10.5. The van der Waals surface area contributed by atoms with E-state index in [1.54, 1.807) is 6.20 Å². The lowest BCUT2D eigenvalue weighted by molar-refractivity contribution is 0.573. The fraction of sp³-hybridized carbons (Fsp3) is 0.333. The van der Waals surface area contributed by atoms with Gasteiger partial charge in [0.15, 0.2) is 0 Å². The Morgan fingerprint density at radius 3 is 2.53 bits per heavy atom. The van der Waals surface area contributed by atoms with Gasteiger partial charge in [0.1, 0.15) is 20.0 Å². The van der Waals surface area contributed by atoms with Gasteiger partial charge in [0.2, 0.25) is 0 Å². The highest BCUT2D eigenvalue weighted by Crippen LogP contribution is 2.35. The molecule has 2 nitrogen and oxygen atoms in total. The average molecular weight is 219 g/mol. The van der Waals surface area contributed by atoms with Gasteiger partial charge in [-0.15, -0.1) is 0 Å². The third-order valence-corrected chi connectivity index (χ3v) is 3.97. The molecular formula is C12H17NOSi. The van der Waals surface area contributed by atoms with E-state index in [9.17, 15) is 5.21 Å². The summed E-state index contributed by atoms with van der Waals surface area (Å²) in [5.74, 6) is 0. The summed E-state index contributed by atoms with van der Waals surface area (Å²) in [5.41, 5.74) is 1.98. The number of para-hydroxylation sites is 1. The average Bonchev–Trinajstić information content (AvgIpc) is 2.42. The molecule has 1 unspecified atom stereocenters. The number of quaternary nitrogens is 1.